The van der Waals surface area contributed by atoms with Gasteiger partial charge >= 0.3 is 0 Å². The molecular weight excluding hydrogens is 196 g/mol. The van der Waals surface area contributed by atoms with Gasteiger partial charge in [0.05, 0.1) is 0 Å². The number of likely N-dealkylation sites (N-methyl/N-ethyl adjacent to an activating group) is 1. The van der Waals surface area contributed by atoms with Crippen molar-refractivity contribution in [1.29, 1.82) is 0 Å². The van der Waals surface area contributed by atoms with Crippen LogP contribution in [0.25, 0.3) is 0 Å². The van der Waals surface area contributed by atoms with E-state index in [1.54, 1.807) is 0 Å². The van der Waals surface area contributed by atoms with Crippen LogP contribution in [0.5, 0.6) is 0 Å². The molecule has 0 amide bonds. The molecule has 0 aromatic carbocycles. The molecule has 1 aliphatic carbocycles. The van der Waals surface area contributed by atoms with Gasteiger partial charge in [-0.25, -0.2) is 0 Å². The highest BCUT2D eigenvalue weighted by atomic mass is 15.1. The van der Waals surface area contributed by atoms with Crippen LogP contribution in [0.15, 0.2) is 0 Å². The number of hydrogen-bond donors (Lipinski definition) is 1. The zero-order chi connectivity index (χ0) is 12.0. The van der Waals surface area contributed by atoms with Crippen LogP contribution in [0, 0.1) is 5.41 Å². The summed E-state index contributed by atoms with van der Waals surface area (Å²) in [6.07, 6.45) is 7.08. The average molecular weight is 226 g/mol. The van der Waals surface area contributed by atoms with Crippen LogP contribution in [0.2, 0.25) is 0 Å². The van der Waals surface area contributed by atoms with E-state index in [1.165, 1.54) is 45.2 Å². The summed E-state index contributed by atoms with van der Waals surface area (Å²) < 4.78 is 0. The third-order valence-corrected chi connectivity index (χ3v) is 3.28. The van der Waals surface area contributed by atoms with Gasteiger partial charge in [0.25, 0.3) is 0 Å². The third kappa shape index (κ3) is 6.49. The Balaban J connectivity index is 2.05. The van der Waals surface area contributed by atoms with Gasteiger partial charge in [-0.3, -0.25) is 0 Å². The molecule has 0 bridgehead atoms. The smallest absolute Gasteiger partial charge is 0.0104 e. The zero-order valence-corrected chi connectivity index (χ0v) is 11.7. The summed E-state index contributed by atoms with van der Waals surface area (Å²) in [6, 6.07) is 0.803. The molecule has 0 radical (unpaired) electrons. The Bertz CT molecular complexity index is 178. The molecule has 0 saturated heterocycles. The van der Waals surface area contributed by atoms with Crippen molar-refractivity contribution in [1.82, 2.24) is 10.2 Å². The van der Waals surface area contributed by atoms with Crippen LogP contribution < -0.4 is 5.32 Å². The van der Waals surface area contributed by atoms with Crippen molar-refractivity contribution in [2.75, 3.05) is 26.7 Å². The number of hydrogen-bond acceptors (Lipinski definition) is 2. The van der Waals surface area contributed by atoms with Crippen LogP contribution in [-0.2, 0) is 0 Å². The molecule has 0 aromatic rings. The summed E-state index contributed by atoms with van der Waals surface area (Å²) in [6.45, 7) is 10.4. The predicted molar refractivity (Wildman–Crippen MR) is 71.8 cm³/mol. The first kappa shape index (κ1) is 14.0. The minimum absolute atomic E-state index is 0.416. The molecule has 0 spiro atoms. The Labute approximate surface area is 102 Å². The van der Waals surface area contributed by atoms with Crippen molar-refractivity contribution in [3.05, 3.63) is 0 Å². The summed E-state index contributed by atoms with van der Waals surface area (Å²) >= 11 is 0. The molecule has 16 heavy (non-hydrogen) atoms. The van der Waals surface area contributed by atoms with E-state index in [0.29, 0.717) is 5.41 Å². The zero-order valence-electron chi connectivity index (χ0n) is 11.7. The Morgan fingerprint density at radius 3 is 2.31 bits per heavy atom. The van der Waals surface area contributed by atoms with Crippen LogP contribution >= 0.6 is 0 Å². The standard InChI is InChI=1S/C14H30N2/c1-14(2,3)12-16(4)11-10-15-13-8-6-5-7-9-13/h13,15H,5-12H2,1-4H3. The Kier molecular flexibility index (Phi) is 5.77. The largest absolute Gasteiger partial charge is 0.313 e. The summed E-state index contributed by atoms with van der Waals surface area (Å²) in [5, 5.41) is 3.70. The molecule has 1 rings (SSSR count). The van der Waals surface area contributed by atoms with Gasteiger partial charge in [-0.1, -0.05) is 40.0 Å². The van der Waals surface area contributed by atoms with E-state index in [0.717, 1.165) is 12.6 Å². The highest BCUT2D eigenvalue weighted by Crippen LogP contribution is 2.17. The summed E-state index contributed by atoms with van der Waals surface area (Å²) in [7, 11) is 2.23. The van der Waals surface area contributed by atoms with Crippen molar-refractivity contribution in [2.45, 2.75) is 58.9 Å². The lowest BCUT2D eigenvalue weighted by Crippen LogP contribution is -2.39. The summed E-state index contributed by atoms with van der Waals surface area (Å²) in [5.74, 6) is 0. The molecule has 0 aliphatic heterocycles. The van der Waals surface area contributed by atoms with Crippen molar-refractivity contribution < 1.29 is 0 Å². The molecule has 1 fully saturated rings. The lowest BCUT2D eigenvalue weighted by atomic mass is 9.95. The van der Waals surface area contributed by atoms with E-state index in [4.69, 9.17) is 0 Å². The average Bonchev–Trinajstić information content (AvgIpc) is 2.16. The van der Waals surface area contributed by atoms with Gasteiger partial charge in [-0.05, 0) is 25.3 Å². The monoisotopic (exact) mass is 226 g/mol. The van der Waals surface area contributed by atoms with Gasteiger partial charge in [-0.2, -0.15) is 0 Å². The fourth-order valence-corrected chi connectivity index (χ4v) is 2.66. The molecule has 0 unspecified atom stereocenters. The first-order valence-corrected chi connectivity index (χ1v) is 6.89. The van der Waals surface area contributed by atoms with Gasteiger partial charge in [0.1, 0.15) is 0 Å². The second kappa shape index (κ2) is 6.61. The molecule has 0 aromatic heterocycles. The van der Waals surface area contributed by atoms with Crippen molar-refractivity contribution >= 4 is 0 Å². The fourth-order valence-electron chi connectivity index (χ4n) is 2.66. The first-order valence-electron chi connectivity index (χ1n) is 6.89. The van der Waals surface area contributed by atoms with Crippen LogP contribution in [0.3, 0.4) is 0 Å². The van der Waals surface area contributed by atoms with Crippen molar-refractivity contribution in [3.63, 3.8) is 0 Å². The van der Waals surface area contributed by atoms with E-state index in [1.807, 2.05) is 0 Å². The van der Waals surface area contributed by atoms with E-state index in [-0.39, 0.29) is 0 Å². The van der Waals surface area contributed by atoms with Gasteiger partial charge in [0, 0.05) is 25.7 Å². The molecule has 1 N–H and O–H groups in total. The maximum Gasteiger partial charge on any atom is 0.0104 e. The maximum absolute atomic E-state index is 3.70. The third-order valence-electron chi connectivity index (χ3n) is 3.28. The van der Waals surface area contributed by atoms with Gasteiger partial charge in [-0.15, -0.1) is 0 Å². The Hall–Kier alpha value is -0.0800. The van der Waals surface area contributed by atoms with E-state index in [9.17, 15) is 0 Å². The van der Waals surface area contributed by atoms with E-state index >= 15 is 0 Å². The molecule has 1 aliphatic rings. The Morgan fingerprint density at radius 1 is 1.12 bits per heavy atom. The van der Waals surface area contributed by atoms with E-state index in [2.05, 4.69) is 38.0 Å². The van der Waals surface area contributed by atoms with Crippen LogP contribution in [0.1, 0.15) is 52.9 Å². The van der Waals surface area contributed by atoms with Gasteiger partial charge in [0.15, 0.2) is 0 Å². The molecule has 1 saturated carbocycles. The molecule has 0 atom stereocenters. The maximum atomic E-state index is 3.70. The molecular formula is C14H30N2. The first-order chi connectivity index (χ1) is 7.47. The number of nitrogens with zero attached hydrogens (tertiary/aromatic N) is 1. The predicted octanol–water partition coefficient (Wildman–Crippen LogP) is 2.89. The number of rotatable bonds is 5. The van der Waals surface area contributed by atoms with Crippen molar-refractivity contribution in [3.8, 4) is 0 Å². The topological polar surface area (TPSA) is 15.3 Å². The highest BCUT2D eigenvalue weighted by Gasteiger charge is 2.15. The van der Waals surface area contributed by atoms with E-state index < -0.39 is 0 Å². The lowest BCUT2D eigenvalue weighted by Gasteiger charge is -2.28. The second-order valence-electron chi connectivity index (χ2n) is 6.59. The molecule has 2 heteroatoms. The normalized spacial score (nSPS) is 19.3. The second-order valence-corrected chi connectivity index (χ2v) is 6.59. The number of nitrogens with one attached hydrogen (secondary N) is 1. The van der Waals surface area contributed by atoms with Crippen molar-refractivity contribution in [2.24, 2.45) is 5.41 Å². The lowest BCUT2D eigenvalue weighted by molar-refractivity contribution is 0.222. The quantitative estimate of drug-likeness (QED) is 0.775. The molecule has 2 nitrogen and oxygen atoms in total. The SMILES string of the molecule is CN(CCNC1CCCCC1)CC(C)(C)C. The molecule has 0 heterocycles. The van der Waals surface area contributed by atoms with Crippen LogP contribution in [0.4, 0.5) is 0 Å². The van der Waals surface area contributed by atoms with Crippen LogP contribution in [-0.4, -0.2) is 37.6 Å². The highest BCUT2D eigenvalue weighted by molar-refractivity contribution is 4.73. The summed E-state index contributed by atoms with van der Waals surface area (Å²) in [5.41, 5.74) is 0.416. The fraction of sp³-hybridized carbons (Fsp3) is 1.00. The molecule has 96 valence electrons. The minimum atomic E-state index is 0.416. The summed E-state index contributed by atoms with van der Waals surface area (Å²) in [4.78, 5) is 2.44. The minimum Gasteiger partial charge on any atom is -0.313 e. The Morgan fingerprint density at radius 2 is 1.75 bits per heavy atom. The van der Waals surface area contributed by atoms with Gasteiger partial charge in [0.2, 0.25) is 0 Å². The van der Waals surface area contributed by atoms with Gasteiger partial charge < -0.3 is 10.2 Å².